The molecule has 1 aromatic rings. The SMILES string of the molecule is CCC[C@H](NC(=O)c1cc([N+](=O)[O-])cn1C)C(=O)O. The van der Waals surface area contributed by atoms with Gasteiger partial charge in [0.2, 0.25) is 0 Å². The van der Waals surface area contributed by atoms with Gasteiger partial charge in [-0.1, -0.05) is 13.3 Å². The zero-order valence-electron chi connectivity index (χ0n) is 10.6. The van der Waals surface area contributed by atoms with Crippen molar-refractivity contribution in [2.75, 3.05) is 0 Å². The lowest BCUT2D eigenvalue weighted by Gasteiger charge is -2.13. The summed E-state index contributed by atoms with van der Waals surface area (Å²) in [5, 5.41) is 21.9. The van der Waals surface area contributed by atoms with Gasteiger partial charge in [-0.2, -0.15) is 0 Å². The Hall–Kier alpha value is -2.38. The predicted octanol–water partition coefficient (Wildman–Crippen LogP) is 0.916. The Morgan fingerprint density at radius 1 is 1.58 bits per heavy atom. The van der Waals surface area contributed by atoms with Crippen LogP contribution in [0.15, 0.2) is 12.3 Å². The minimum atomic E-state index is -1.13. The van der Waals surface area contributed by atoms with Crippen LogP contribution in [0.25, 0.3) is 0 Å². The summed E-state index contributed by atoms with van der Waals surface area (Å²) in [6.07, 6.45) is 2.10. The van der Waals surface area contributed by atoms with Gasteiger partial charge in [0, 0.05) is 13.1 Å². The largest absolute Gasteiger partial charge is 0.480 e. The summed E-state index contributed by atoms with van der Waals surface area (Å²) < 4.78 is 1.29. The van der Waals surface area contributed by atoms with Gasteiger partial charge in [0.05, 0.1) is 11.1 Å². The van der Waals surface area contributed by atoms with Gasteiger partial charge >= 0.3 is 5.97 Å². The second kappa shape index (κ2) is 5.98. The molecule has 1 heterocycles. The maximum absolute atomic E-state index is 11.9. The fourth-order valence-corrected chi connectivity index (χ4v) is 1.65. The smallest absolute Gasteiger partial charge is 0.326 e. The second-order valence-electron chi connectivity index (χ2n) is 4.10. The molecule has 1 amide bonds. The number of amides is 1. The molecule has 1 rings (SSSR count). The number of carbonyl (C=O) groups excluding carboxylic acids is 1. The van der Waals surface area contributed by atoms with Gasteiger partial charge < -0.3 is 15.0 Å². The number of hydrogen-bond donors (Lipinski definition) is 2. The lowest BCUT2D eigenvalue weighted by atomic mass is 10.1. The molecule has 0 aromatic carbocycles. The third-order valence-corrected chi connectivity index (χ3v) is 2.61. The summed E-state index contributed by atoms with van der Waals surface area (Å²) in [4.78, 5) is 32.8. The Labute approximate surface area is 109 Å². The van der Waals surface area contributed by atoms with Crippen molar-refractivity contribution < 1.29 is 19.6 Å². The van der Waals surface area contributed by atoms with Gasteiger partial charge in [0.25, 0.3) is 11.6 Å². The van der Waals surface area contributed by atoms with Crippen LogP contribution in [0.4, 0.5) is 5.69 Å². The molecule has 0 aliphatic rings. The van der Waals surface area contributed by atoms with E-state index in [0.717, 1.165) is 6.07 Å². The van der Waals surface area contributed by atoms with Crippen molar-refractivity contribution in [3.05, 3.63) is 28.1 Å². The summed E-state index contributed by atoms with van der Waals surface area (Å²) in [6, 6.07) is 0.117. The molecule has 0 unspecified atom stereocenters. The first-order chi connectivity index (χ1) is 8.86. The highest BCUT2D eigenvalue weighted by molar-refractivity contribution is 5.96. The first-order valence-corrected chi connectivity index (χ1v) is 5.71. The number of carboxylic acid groups (broad SMARTS) is 1. The Kier molecular flexibility index (Phi) is 4.62. The molecule has 104 valence electrons. The van der Waals surface area contributed by atoms with Gasteiger partial charge in [0.1, 0.15) is 11.7 Å². The van der Waals surface area contributed by atoms with Crippen LogP contribution in [-0.2, 0) is 11.8 Å². The van der Waals surface area contributed by atoms with Crippen LogP contribution in [0.2, 0.25) is 0 Å². The number of nitrogens with one attached hydrogen (secondary N) is 1. The van der Waals surface area contributed by atoms with Gasteiger partial charge in [-0.15, -0.1) is 0 Å². The number of aromatic nitrogens is 1. The topological polar surface area (TPSA) is 114 Å². The standard InChI is InChI=1S/C11H15N3O5/c1-3-4-8(11(16)17)12-10(15)9-5-7(14(18)19)6-13(9)2/h5-6,8H,3-4H2,1-2H3,(H,12,15)(H,16,17)/t8-/m0/s1. The third-order valence-electron chi connectivity index (χ3n) is 2.61. The van der Waals surface area contributed by atoms with Gasteiger partial charge in [0.15, 0.2) is 0 Å². The highest BCUT2D eigenvalue weighted by Gasteiger charge is 2.23. The number of carbonyl (C=O) groups is 2. The van der Waals surface area contributed by atoms with E-state index in [-0.39, 0.29) is 11.4 Å². The molecule has 0 spiro atoms. The molecule has 0 aliphatic carbocycles. The number of rotatable bonds is 6. The van der Waals surface area contributed by atoms with Crippen molar-refractivity contribution in [3.8, 4) is 0 Å². The summed E-state index contributed by atoms with van der Waals surface area (Å²) in [5.41, 5.74) is -0.163. The summed E-state index contributed by atoms with van der Waals surface area (Å²) in [6.45, 7) is 1.80. The van der Waals surface area contributed by atoms with Gasteiger partial charge in [-0.05, 0) is 6.42 Å². The Bertz CT molecular complexity index is 508. The maximum atomic E-state index is 11.9. The van der Waals surface area contributed by atoms with Crippen molar-refractivity contribution in [2.45, 2.75) is 25.8 Å². The van der Waals surface area contributed by atoms with Gasteiger partial charge in [-0.3, -0.25) is 14.9 Å². The number of nitrogens with zero attached hydrogens (tertiary/aromatic N) is 2. The molecule has 2 N–H and O–H groups in total. The minimum Gasteiger partial charge on any atom is -0.480 e. The van der Waals surface area contributed by atoms with E-state index in [9.17, 15) is 19.7 Å². The quantitative estimate of drug-likeness (QED) is 0.588. The van der Waals surface area contributed by atoms with E-state index in [4.69, 9.17) is 5.11 Å². The molecule has 8 heteroatoms. The van der Waals surface area contributed by atoms with E-state index in [1.165, 1.54) is 17.8 Å². The lowest BCUT2D eigenvalue weighted by Crippen LogP contribution is -2.41. The van der Waals surface area contributed by atoms with Crippen LogP contribution in [-0.4, -0.2) is 32.5 Å². The average molecular weight is 269 g/mol. The summed E-state index contributed by atoms with van der Waals surface area (Å²) in [7, 11) is 1.48. The highest BCUT2D eigenvalue weighted by Crippen LogP contribution is 2.15. The number of carboxylic acids is 1. The van der Waals surface area contributed by atoms with Crippen LogP contribution in [0.5, 0.6) is 0 Å². The van der Waals surface area contributed by atoms with Crippen molar-refractivity contribution in [2.24, 2.45) is 7.05 Å². The molecule has 0 fully saturated rings. The molecule has 0 saturated heterocycles. The van der Waals surface area contributed by atoms with E-state index in [0.29, 0.717) is 12.8 Å². The number of aryl methyl sites for hydroxylation is 1. The second-order valence-corrected chi connectivity index (χ2v) is 4.10. The summed E-state index contributed by atoms with van der Waals surface area (Å²) in [5.74, 6) is -1.77. The van der Waals surface area contributed by atoms with E-state index < -0.39 is 22.8 Å². The highest BCUT2D eigenvalue weighted by atomic mass is 16.6. The van der Waals surface area contributed by atoms with Crippen molar-refractivity contribution in [1.29, 1.82) is 0 Å². The normalized spacial score (nSPS) is 11.9. The van der Waals surface area contributed by atoms with Crippen LogP contribution >= 0.6 is 0 Å². The third kappa shape index (κ3) is 3.54. The molecule has 0 bridgehead atoms. The Morgan fingerprint density at radius 3 is 2.63 bits per heavy atom. The van der Waals surface area contributed by atoms with E-state index in [2.05, 4.69) is 5.32 Å². The van der Waals surface area contributed by atoms with Crippen molar-refractivity contribution >= 4 is 17.6 Å². The molecule has 1 aromatic heterocycles. The van der Waals surface area contributed by atoms with E-state index in [1.807, 2.05) is 0 Å². The Morgan fingerprint density at radius 2 is 2.21 bits per heavy atom. The summed E-state index contributed by atoms with van der Waals surface area (Å²) >= 11 is 0. The minimum absolute atomic E-state index is 0.0500. The van der Waals surface area contributed by atoms with Crippen LogP contribution < -0.4 is 5.32 Å². The van der Waals surface area contributed by atoms with E-state index >= 15 is 0 Å². The average Bonchev–Trinajstić information content (AvgIpc) is 2.70. The van der Waals surface area contributed by atoms with Crippen LogP contribution in [0, 0.1) is 10.1 Å². The molecule has 19 heavy (non-hydrogen) atoms. The van der Waals surface area contributed by atoms with Crippen molar-refractivity contribution in [1.82, 2.24) is 9.88 Å². The predicted molar refractivity (Wildman–Crippen MR) is 65.9 cm³/mol. The molecule has 0 aliphatic heterocycles. The number of nitro groups is 1. The Balaban J connectivity index is 2.88. The lowest BCUT2D eigenvalue weighted by molar-refractivity contribution is -0.384. The molecule has 0 saturated carbocycles. The monoisotopic (exact) mass is 269 g/mol. The van der Waals surface area contributed by atoms with Crippen LogP contribution in [0.3, 0.4) is 0 Å². The van der Waals surface area contributed by atoms with Gasteiger partial charge in [-0.25, -0.2) is 4.79 Å². The van der Waals surface area contributed by atoms with Crippen molar-refractivity contribution in [3.63, 3.8) is 0 Å². The molecule has 0 radical (unpaired) electrons. The zero-order valence-corrected chi connectivity index (χ0v) is 10.6. The molecular weight excluding hydrogens is 254 g/mol. The molecular formula is C11H15N3O5. The van der Waals surface area contributed by atoms with E-state index in [1.54, 1.807) is 6.92 Å². The number of hydrogen-bond acceptors (Lipinski definition) is 4. The number of aliphatic carboxylic acids is 1. The first kappa shape index (κ1) is 14.7. The zero-order chi connectivity index (χ0) is 14.6. The molecule has 1 atom stereocenters. The van der Waals surface area contributed by atoms with Crippen LogP contribution in [0.1, 0.15) is 30.3 Å². The molecule has 8 nitrogen and oxygen atoms in total. The fraction of sp³-hybridized carbons (Fsp3) is 0.455. The fourth-order valence-electron chi connectivity index (χ4n) is 1.65. The maximum Gasteiger partial charge on any atom is 0.326 e. The first-order valence-electron chi connectivity index (χ1n) is 5.71.